The largest absolute Gasteiger partial charge is 0.358 e. The number of hydrogen-bond donors (Lipinski definition) is 2. The van der Waals surface area contributed by atoms with E-state index in [1.807, 2.05) is 6.92 Å². The van der Waals surface area contributed by atoms with Crippen LogP contribution in [0.1, 0.15) is 32.0 Å². The van der Waals surface area contributed by atoms with Gasteiger partial charge in [0.1, 0.15) is 22.8 Å². The molecule has 1 aromatic heterocycles. The van der Waals surface area contributed by atoms with Crippen LogP contribution in [0.4, 0.5) is 5.82 Å². The van der Waals surface area contributed by atoms with Crippen LogP contribution in [-0.2, 0) is 16.0 Å². The standard InChI is InChI=1S/C12H15ClN4O2/c1-2-3-9-15-8(13)6-10(16-9)14-7-4-5-11(18)17-12(7)19/h6-7H,2-5H2,1H3,(H,14,15,16)(H,17,18,19). The van der Waals surface area contributed by atoms with Gasteiger partial charge in [-0.1, -0.05) is 18.5 Å². The van der Waals surface area contributed by atoms with Gasteiger partial charge in [-0.05, 0) is 12.8 Å². The highest BCUT2D eigenvalue weighted by atomic mass is 35.5. The molecule has 0 radical (unpaired) electrons. The van der Waals surface area contributed by atoms with Gasteiger partial charge in [-0.3, -0.25) is 14.9 Å². The number of aryl methyl sites for hydroxylation is 1. The molecule has 1 aliphatic rings. The first-order valence-corrected chi connectivity index (χ1v) is 6.60. The van der Waals surface area contributed by atoms with Crippen molar-refractivity contribution in [3.63, 3.8) is 0 Å². The van der Waals surface area contributed by atoms with Gasteiger partial charge in [0.25, 0.3) is 0 Å². The molecule has 7 heteroatoms. The highest BCUT2D eigenvalue weighted by molar-refractivity contribution is 6.29. The van der Waals surface area contributed by atoms with Gasteiger partial charge in [0.05, 0.1) is 0 Å². The molecule has 102 valence electrons. The fourth-order valence-corrected chi connectivity index (χ4v) is 2.08. The lowest BCUT2D eigenvalue weighted by Gasteiger charge is -2.22. The Morgan fingerprint density at radius 1 is 1.47 bits per heavy atom. The molecule has 1 aliphatic heterocycles. The third-order valence-electron chi connectivity index (χ3n) is 2.78. The molecule has 6 nitrogen and oxygen atoms in total. The van der Waals surface area contributed by atoms with Crippen molar-refractivity contribution < 1.29 is 9.59 Å². The maximum Gasteiger partial charge on any atom is 0.249 e. The Hall–Kier alpha value is -1.69. The highest BCUT2D eigenvalue weighted by Gasteiger charge is 2.26. The zero-order chi connectivity index (χ0) is 13.8. The molecule has 2 N–H and O–H groups in total. The van der Waals surface area contributed by atoms with Crippen molar-refractivity contribution in [1.82, 2.24) is 15.3 Å². The minimum Gasteiger partial charge on any atom is -0.358 e. The van der Waals surface area contributed by atoms with Gasteiger partial charge >= 0.3 is 0 Å². The number of amides is 2. The number of carbonyl (C=O) groups is 2. The van der Waals surface area contributed by atoms with Crippen molar-refractivity contribution in [3.05, 3.63) is 17.0 Å². The maximum atomic E-state index is 11.6. The summed E-state index contributed by atoms with van der Waals surface area (Å²) in [4.78, 5) is 31.1. The Bertz CT molecular complexity index is 507. The minimum absolute atomic E-state index is 0.240. The van der Waals surface area contributed by atoms with Crippen molar-refractivity contribution >= 4 is 29.2 Å². The number of halogens is 1. The third-order valence-corrected chi connectivity index (χ3v) is 2.97. The lowest BCUT2D eigenvalue weighted by Crippen LogP contribution is -2.47. The second-order valence-corrected chi connectivity index (χ2v) is 4.78. The van der Waals surface area contributed by atoms with E-state index >= 15 is 0 Å². The van der Waals surface area contributed by atoms with E-state index in [2.05, 4.69) is 20.6 Å². The summed E-state index contributed by atoms with van der Waals surface area (Å²) in [6.45, 7) is 2.03. The quantitative estimate of drug-likeness (QED) is 0.642. The zero-order valence-corrected chi connectivity index (χ0v) is 11.3. The Balaban J connectivity index is 2.10. The number of nitrogens with zero attached hydrogens (tertiary/aromatic N) is 2. The molecule has 1 atom stereocenters. The number of anilines is 1. The fourth-order valence-electron chi connectivity index (χ4n) is 1.88. The van der Waals surface area contributed by atoms with Crippen LogP contribution in [-0.4, -0.2) is 27.8 Å². The van der Waals surface area contributed by atoms with E-state index in [-0.39, 0.29) is 11.8 Å². The third kappa shape index (κ3) is 3.64. The lowest BCUT2D eigenvalue weighted by atomic mass is 10.1. The number of piperidine rings is 1. The lowest BCUT2D eigenvalue weighted by molar-refractivity contribution is -0.133. The van der Waals surface area contributed by atoms with Gasteiger partial charge in [0.15, 0.2) is 0 Å². The summed E-state index contributed by atoms with van der Waals surface area (Å²) in [7, 11) is 0. The second-order valence-electron chi connectivity index (χ2n) is 4.39. The summed E-state index contributed by atoms with van der Waals surface area (Å²) >= 11 is 5.92. The molecule has 19 heavy (non-hydrogen) atoms. The Kier molecular flexibility index (Phi) is 4.31. The summed E-state index contributed by atoms with van der Waals surface area (Å²) in [5.74, 6) is 0.584. The van der Waals surface area contributed by atoms with Gasteiger partial charge in [-0.15, -0.1) is 0 Å². The average molecular weight is 283 g/mol. The molecule has 0 aromatic carbocycles. The molecule has 0 saturated carbocycles. The Morgan fingerprint density at radius 2 is 2.26 bits per heavy atom. The van der Waals surface area contributed by atoms with E-state index in [0.717, 1.165) is 12.8 Å². The molecule has 2 amide bonds. The average Bonchev–Trinajstić information content (AvgIpc) is 2.32. The number of carbonyl (C=O) groups excluding carboxylic acids is 2. The van der Waals surface area contributed by atoms with Crippen LogP contribution in [0.5, 0.6) is 0 Å². The van der Waals surface area contributed by atoms with Crippen molar-refractivity contribution in [2.45, 2.75) is 38.6 Å². The normalized spacial score (nSPS) is 19.2. The van der Waals surface area contributed by atoms with Gasteiger partial charge in [0, 0.05) is 18.9 Å². The number of imide groups is 1. The Morgan fingerprint density at radius 3 is 2.95 bits per heavy atom. The van der Waals surface area contributed by atoms with Crippen LogP contribution in [0.15, 0.2) is 6.07 Å². The van der Waals surface area contributed by atoms with Crippen molar-refractivity contribution in [1.29, 1.82) is 0 Å². The molecule has 0 bridgehead atoms. The molecule has 1 fully saturated rings. The number of nitrogens with one attached hydrogen (secondary N) is 2. The molecule has 1 saturated heterocycles. The summed E-state index contributed by atoms with van der Waals surface area (Å²) in [5.41, 5.74) is 0. The minimum atomic E-state index is -0.460. The number of aromatic nitrogens is 2. The van der Waals surface area contributed by atoms with Gasteiger partial charge < -0.3 is 5.32 Å². The first-order valence-electron chi connectivity index (χ1n) is 6.22. The molecule has 1 aromatic rings. The van der Waals surface area contributed by atoms with E-state index in [0.29, 0.717) is 29.6 Å². The topological polar surface area (TPSA) is 84.0 Å². The van der Waals surface area contributed by atoms with Crippen molar-refractivity contribution in [2.75, 3.05) is 5.32 Å². The van der Waals surface area contributed by atoms with E-state index in [9.17, 15) is 9.59 Å². The maximum absolute atomic E-state index is 11.6. The van der Waals surface area contributed by atoms with Crippen LogP contribution in [0, 0.1) is 0 Å². The summed E-state index contributed by atoms with van der Waals surface area (Å²) < 4.78 is 0. The number of rotatable bonds is 4. The van der Waals surface area contributed by atoms with Crippen LogP contribution in [0.3, 0.4) is 0 Å². The van der Waals surface area contributed by atoms with Crippen molar-refractivity contribution in [2.24, 2.45) is 0 Å². The molecule has 0 spiro atoms. The summed E-state index contributed by atoms with van der Waals surface area (Å²) in [5, 5.41) is 5.62. The molecular weight excluding hydrogens is 268 g/mol. The number of hydrogen-bond acceptors (Lipinski definition) is 5. The van der Waals surface area contributed by atoms with E-state index in [1.54, 1.807) is 6.07 Å². The molecule has 0 aliphatic carbocycles. The second kappa shape index (κ2) is 5.97. The van der Waals surface area contributed by atoms with Crippen LogP contribution >= 0.6 is 11.6 Å². The fraction of sp³-hybridized carbons (Fsp3) is 0.500. The van der Waals surface area contributed by atoms with Gasteiger partial charge in [-0.2, -0.15) is 0 Å². The monoisotopic (exact) mass is 282 g/mol. The first kappa shape index (κ1) is 13.7. The van der Waals surface area contributed by atoms with Crippen LogP contribution in [0.2, 0.25) is 5.15 Å². The van der Waals surface area contributed by atoms with Gasteiger partial charge in [0.2, 0.25) is 11.8 Å². The van der Waals surface area contributed by atoms with E-state index in [4.69, 9.17) is 11.6 Å². The zero-order valence-electron chi connectivity index (χ0n) is 10.6. The molecular formula is C12H15ClN4O2. The predicted octanol–water partition coefficient (Wildman–Crippen LogP) is 1.30. The summed E-state index contributed by atoms with van der Waals surface area (Å²) in [6.07, 6.45) is 2.42. The van der Waals surface area contributed by atoms with Gasteiger partial charge in [-0.25, -0.2) is 9.97 Å². The van der Waals surface area contributed by atoms with E-state index in [1.165, 1.54) is 0 Å². The molecule has 1 unspecified atom stereocenters. The van der Waals surface area contributed by atoms with Crippen LogP contribution in [0.25, 0.3) is 0 Å². The van der Waals surface area contributed by atoms with Crippen molar-refractivity contribution in [3.8, 4) is 0 Å². The van der Waals surface area contributed by atoms with E-state index < -0.39 is 6.04 Å². The Labute approximate surface area is 116 Å². The highest BCUT2D eigenvalue weighted by Crippen LogP contribution is 2.16. The SMILES string of the molecule is CCCc1nc(Cl)cc(NC2CCC(=O)NC2=O)n1. The first-order chi connectivity index (χ1) is 9.08. The summed E-state index contributed by atoms with van der Waals surface area (Å²) in [6, 6.07) is 1.11. The predicted molar refractivity (Wildman–Crippen MR) is 70.8 cm³/mol. The molecule has 2 heterocycles. The van der Waals surface area contributed by atoms with Crippen LogP contribution < -0.4 is 10.6 Å². The smallest absolute Gasteiger partial charge is 0.249 e. The molecule has 2 rings (SSSR count).